The fourth-order valence-electron chi connectivity index (χ4n) is 8.36. The molecule has 8 amide bonds. The van der Waals surface area contributed by atoms with Gasteiger partial charge in [0, 0.05) is 49.4 Å². The molecule has 0 radical (unpaired) electrons. The Balaban J connectivity index is 1.28. The molecule has 0 saturated carbocycles. The zero-order valence-electron chi connectivity index (χ0n) is 40.4. The van der Waals surface area contributed by atoms with Gasteiger partial charge >= 0.3 is 0 Å². The number of hydrogen-bond donors (Lipinski definition) is 8. The van der Waals surface area contributed by atoms with Gasteiger partial charge in [0.25, 0.3) is 11.8 Å². The minimum atomic E-state index is -0.965. The molecule has 5 rings (SSSR count). The number of likely N-dealkylation sites (tertiary alicyclic amines) is 2. The van der Waals surface area contributed by atoms with Crippen molar-refractivity contribution in [2.24, 2.45) is 10.8 Å². The van der Waals surface area contributed by atoms with Crippen LogP contribution in [0, 0.1) is 10.8 Å². The first-order chi connectivity index (χ1) is 32.2. The fraction of sp³-hybridized carbons (Fsp3) is 0.480. The van der Waals surface area contributed by atoms with E-state index in [0.29, 0.717) is 0 Å². The van der Waals surface area contributed by atoms with Crippen LogP contribution in [0.4, 0.5) is 0 Å². The molecule has 3 aromatic carbocycles. The number of carbonyl (C=O) groups excluding carboxylic acids is 8. The second-order valence-electron chi connectivity index (χ2n) is 19.6. The van der Waals surface area contributed by atoms with Gasteiger partial charge < -0.3 is 52.3 Å². The van der Waals surface area contributed by atoms with Crippen molar-refractivity contribution in [2.45, 2.75) is 104 Å². The minimum absolute atomic E-state index is 0.00734. The van der Waals surface area contributed by atoms with Crippen LogP contribution in [0.2, 0.25) is 0 Å². The normalized spacial score (nSPS) is 19.0. The molecule has 68 heavy (non-hydrogen) atoms. The molecule has 6 atom stereocenters. The number of likely N-dealkylation sites (N-methyl/N-ethyl adjacent to an activating group) is 2. The summed E-state index contributed by atoms with van der Waals surface area (Å²) >= 11 is 0. The maximum absolute atomic E-state index is 14.3. The molecule has 3 aromatic rings. The average Bonchev–Trinajstić information content (AvgIpc) is 3.93. The molecule has 18 nitrogen and oxygen atoms in total. The maximum Gasteiger partial charge on any atom is 0.251 e. The number of benzene rings is 3. The highest BCUT2D eigenvalue weighted by Crippen LogP contribution is 2.28. The van der Waals surface area contributed by atoms with Crippen LogP contribution in [0.1, 0.15) is 86.2 Å². The Bertz CT molecular complexity index is 2100. The molecule has 6 unspecified atom stereocenters. The van der Waals surface area contributed by atoms with E-state index in [4.69, 9.17) is 0 Å². The van der Waals surface area contributed by atoms with Gasteiger partial charge in [-0.2, -0.15) is 0 Å². The van der Waals surface area contributed by atoms with Crippen molar-refractivity contribution >= 4 is 47.3 Å². The molecule has 0 aliphatic carbocycles. The highest BCUT2D eigenvalue weighted by Gasteiger charge is 2.47. The molecule has 8 N–H and O–H groups in total. The van der Waals surface area contributed by atoms with E-state index in [1.165, 1.54) is 34.1 Å². The highest BCUT2D eigenvalue weighted by molar-refractivity contribution is 5.99. The van der Waals surface area contributed by atoms with Crippen molar-refractivity contribution in [3.8, 4) is 0 Å². The number of nitrogens with one attached hydrogen (secondary N) is 8. The molecule has 366 valence electrons. The van der Waals surface area contributed by atoms with Gasteiger partial charge in [-0.15, -0.1) is 0 Å². The van der Waals surface area contributed by atoms with Gasteiger partial charge in [0.05, 0.1) is 13.1 Å². The summed E-state index contributed by atoms with van der Waals surface area (Å²) in [7, 11) is 3.25. The first-order valence-electron chi connectivity index (χ1n) is 23.0. The Morgan fingerprint density at radius 2 is 0.868 bits per heavy atom. The van der Waals surface area contributed by atoms with Crippen LogP contribution in [0.3, 0.4) is 0 Å². The molecule has 2 heterocycles. The summed E-state index contributed by atoms with van der Waals surface area (Å²) in [4.78, 5) is 112. The van der Waals surface area contributed by atoms with Crippen LogP contribution in [-0.2, 0) is 41.9 Å². The van der Waals surface area contributed by atoms with Crippen LogP contribution < -0.4 is 42.5 Å². The van der Waals surface area contributed by atoms with E-state index < -0.39 is 82.5 Å². The lowest BCUT2D eigenvalue weighted by atomic mass is 9.85. The van der Waals surface area contributed by atoms with Crippen molar-refractivity contribution < 1.29 is 38.4 Å². The number of hydrogen-bond acceptors (Lipinski definition) is 10. The van der Waals surface area contributed by atoms with Crippen LogP contribution in [0.5, 0.6) is 0 Å². The van der Waals surface area contributed by atoms with Crippen molar-refractivity contribution in [3.05, 3.63) is 107 Å². The van der Waals surface area contributed by atoms with Gasteiger partial charge in [-0.1, -0.05) is 102 Å². The molecule has 0 bridgehead atoms. The molecule has 0 aromatic heterocycles. The second-order valence-corrected chi connectivity index (χ2v) is 19.6. The molecule has 2 fully saturated rings. The molecule has 2 aliphatic rings. The third-order valence-electron chi connectivity index (χ3n) is 12.0. The van der Waals surface area contributed by atoms with E-state index in [-0.39, 0.29) is 75.1 Å². The van der Waals surface area contributed by atoms with E-state index >= 15 is 0 Å². The lowest BCUT2D eigenvalue weighted by Gasteiger charge is -2.35. The topological polar surface area (TPSA) is 239 Å². The molecule has 18 heteroatoms. The van der Waals surface area contributed by atoms with E-state index in [0.717, 1.165) is 11.1 Å². The van der Waals surface area contributed by atoms with E-state index in [1.54, 1.807) is 14.1 Å². The third-order valence-corrected chi connectivity index (χ3v) is 12.0. The van der Waals surface area contributed by atoms with Gasteiger partial charge in [0.2, 0.25) is 35.4 Å². The van der Waals surface area contributed by atoms with Crippen LogP contribution in [0.25, 0.3) is 0 Å². The van der Waals surface area contributed by atoms with Crippen LogP contribution in [0.15, 0.2) is 84.9 Å². The summed E-state index contributed by atoms with van der Waals surface area (Å²) in [5.41, 5.74) is 0.765. The van der Waals surface area contributed by atoms with Crippen molar-refractivity contribution in [3.63, 3.8) is 0 Å². The van der Waals surface area contributed by atoms with Gasteiger partial charge in [-0.05, 0) is 73.2 Å². The summed E-state index contributed by atoms with van der Waals surface area (Å²) in [6.07, 6.45) is 0.232. The first kappa shape index (κ1) is 52.3. The molecule has 0 spiro atoms. The smallest absolute Gasteiger partial charge is 0.251 e. The van der Waals surface area contributed by atoms with Gasteiger partial charge in [-0.25, -0.2) is 0 Å². The molecular weight excluding hydrogens is 869 g/mol. The minimum Gasteiger partial charge on any atom is -0.350 e. The van der Waals surface area contributed by atoms with Crippen LogP contribution >= 0.6 is 0 Å². The number of carbonyl (C=O) groups is 8. The molecule has 2 aliphatic heterocycles. The largest absolute Gasteiger partial charge is 0.350 e. The molecular formula is C50H68N10O8. The summed E-state index contributed by atoms with van der Waals surface area (Å²) in [5, 5.41) is 23.0. The summed E-state index contributed by atoms with van der Waals surface area (Å²) in [5.74, 6) is -3.44. The first-order valence-corrected chi connectivity index (χ1v) is 23.0. The predicted octanol–water partition coefficient (Wildman–Crippen LogP) is 1.22. The molecule has 2 saturated heterocycles. The average molecular weight is 937 g/mol. The van der Waals surface area contributed by atoms with Gasteiger partial charge in [0.15, 0.2) is 0 Å². The van der Waals surface area contributed by atoms with Crippen molar-refractivity contribution in [2.75, 3.05) is 40.3 Å². The summed E-state index contributed by atoms with van der Waals surface area (Å²) in [6.45, 7) is 11.4. The Hall–Kier alpha value is -6.66. The number of rotatable bonds is 18. The number of amides is 8. The third kappa shape index (κ3) is 14.2. The Labute approximate surface area is 398 Å². The second kappa shape index (κ2) is 23.4. The summed E-state index contributed by atoms with van der Waals surface area (Å²) in [6, 6.07) is 19.6. The van der Waals surface area contributed by atoms with E-state index in [2.05, 4.69) is 42.5 Å². The van der Waals surface area contributed by atoms with Crippen molar-refractivity contribution in [1.82, 2.24) is 52.3 Å². The quantitative estimate of drug-likeness (QED) is 0.0908. The number of nitrogens with zero attached hydrogens (tertiary/aromatic N) is 2. The zero-order chi connectivity index (χ0) is 49.8. The standard InChI is InChI=1S/C50H68N10O8/c1-49(2,3)41(57-39(61)27-51-7)47(67)59-29-35(23-37(59)45(65)53-25-31-15-11-9-12-16-31)55-43(63)33-19-21-34(22-20-33)44(64)56-36-24-38(46(66)54-26-32-17-13-10-14-18-32)60(30-36)48(68)42(50(4,5)6)58-40(62)28-52-8/h9-22,35-38,41-42,51-52H,23-30H2,1-8H3,(H,53,65)(H,54,66)(H,55,63)(H,56,64)(H,57,61)(H,58,62). The fourth-order valence-corrected chi connectivity index (χ4v) is 8.36. The van der Waals surface area contributed by atoms with Crippen LogP contribution in [-0.4, -0.2) is 134 Å². The van der Waals surface area contributed by atoms with Crippen molar-refractivity contribution in [1.29, 1.82) is 0 Å². The lowest BCUT2D eigenvalue weighted by molar-refractivity contribution is -0.143. The SMILES string of the molecule is CNCC(=O)NC(C(=O)N1CC(NC(=O)c2ccc(C(=O)NC3CC(C(=O)NCc4ccccc4)N(C(=O)C(NC(=O)CNC)C(C)(C)C)C3)cc2)CC1C(=O)NCc1ccccc1)C(C)(C)C. The van der Waals surface area contributed by atoms with Gasteiger partial charge in [0.1, 0.15) is 24.2 Å². The zero-order valence-corrected chi connectivity index (χ0v) is 40.4. The summed E-state index contributed by atoms with van der Waals surface area (Å²) < 4.78 is 0. The lowest BCUT2D eigenvalue weighted by Crippen LogP contribution is -2.58. The highest BCUT2D eigenvalue weighted by atomic mass is 16.2. The Kier molecular flexibility index (Phi) is 18.0. The van der Waals surface area contributed by atoms with E-state index in [1.807, 2.05) is 102 Å². The Morgan fingerprint density at radius 1 is 0.529 bits per heavy atom. The van der Waals surface area contributed by atoms with Gasteiger partial charge in [-0.3, -0.25) is 38.4 Å². The maximum atomic E-state index is 14.3. The Morgan fingerprint density at radius 3 is 1.18 bits per heavy atom. The monoisotopic (exact) mass is 937 g/mol. The van der Waals surface area contributed by atoms with E-state index in [9.17, 15) is 38.4 Å². The predicted molar refractivity (Wildman–Crippen MR) is 256 cm³/mol.